The first-order valence-corrected chi connectivity index (χ1v) is 8.95. The zero-order chi connectivity index (χ0) is 19.2. The molecule has 0 spiro atoms. The van der Waals surface area contributed by atoms with Crippen molar-refractivity contribution in [2.75, 3.05) is 12.4 Å². The second kappa shape index (κ2) is 12.8. The number of fused-ring (bicyclic) bond motifs is 1. The van der Waals surface area contributed by atoms with Crippen molar-refractivity contribution >= 4 is 22.8 Å². The first-order chi connectivity index (χ1) is 12.2. The molecule has 136 valence electrons. The van der Waals surface area contributed by atoms with Gasteiger partial charge in [0.25, 0.3) is 0 Å². The second-order valence-corrected chi connectivity index (χ2v) is 4.92. The van der Waals surface area contributed by atoms with E-state index in [-0.39, 0.29) is 0 Å². The number of nitrogens with one attached hydrogen (secondary N) is 2. The highest BCUT2D eigenvalue weighted by molar-refractivity contribution is 5.75. The highest BCUT2D eigenvalue weighted by Crippen LogP contribution is 2.20. The lowest BCUT2D eigenvalue weighted by Crippen LogP contribution is -1.93. The molecule has 3 heteroatoms. The quantitative estimate of drug-likeness (QED) is 0.552. The van der Waals surface area contributed by atoms with E-state index < -0.39 is 0 Å². The first-order valence-electron chi connectivity index (χ1n) is 8.95. The summed E-state index contributed by atoms with van der Waals surface area (Å²) >= 11 is 0. The molecule has 0 aliphatic carbocycles. The van der Waals surface area contributed by atoms with Crippen molar-refractivity contribution in [3.05, 3.63) is 66.0 Å². The summed E-state index contributed by atoms with van der Waals surface area (Å²) in [7, 11) is 1.93. The van der Waals surface area contributed by atoms with Crippen molar-refractivity contribution in [3.8, 4) is 0 Å². The smallest absolute Gasteiger partial charge is 0.137 e. The summed E-state index contributed by atoms with van der Waals surface area (Å²) in [4.78, 5) is 7.22. The van der Waals surface area contributed by atoms with Crippen LogP contribution in [0.4, 0.5) is 5.69 Å². The molecule has 0 aliphatic heterocycles. The summed E-state index contributed by atoms with van der Waals surface area (Å²) in [6, 6.07) is 10.3. The van der Waals surface area contributed by atoms with Gasteiger partial charge in [0.15, 0.2) is 0 Å². The van der Waals surface area contributed by atoms with Crippen LogP contribution in [0.2, 0.25) is 0 Å². The largest absolute Gasteiger partial charge is 0.387 e. The third-order valence-corrected chi connectivity index (χ3v) is 3.31. The van der Waals surface area contributed by atoms with E-state index in [1.165, 1.54) is 22.2 Å². The predicted octanol–water partition coefficient (Wildman–Crippen LogP) is 6.60. The predicted molar refractivity (Wildman–Crippen MR) is 114 cm³/mol. The van der Waals surface area contributed by atoms with E-state index in [4.69, 9.17) is 0 Å². The van der Waals surface area contributed by atoms with Crippen molar-refractivity contribution in [2.24, 2.45) is 0 Å². The van der Waals surface area contributed by atoms with E-state index in [1.807, 2.05) is 78.3 Å². The van der Waals surface area contributed by atoms with Gasteiger partial charge in [-0.25, -0.2) is 4.98 Å². The fourth-order valence-corrected chi connectivity index (χ4v) is 2.25. The number of aryl methyl sites for hydroxylation is 2. The topological polar surface area (TPSA) is 40.7 Å². The summed E-state index contributed by atoms with van der Waals surface area (Å²) < 4.78 is 0. The van der Waals surface area contributed by atoms with Crippen molar-refractivity contribution in [1.82, 2.24) is 9.97 Å². The number of H-pyrrole nitrogens is 1. The summed E-state index contributed by atoms with van der Waals surface area (Å²) in [5, 5.41) is 4.32. The lowest BCUT2D eigenvalue weighted by Gasteiger charge is -2.07. The minimum atomic E-state index is 0.964. The average Bonchev–Trinajstić information content (AvgIpc) is 3.13. The van der Waals surface area contributed by atoms with Crippen LogP contribution < -0.4 is 5.32 Å². The van der Waals surface area contributed by atoms with Gasteiger partial charge in [0, 0.05) is 30.5 Å². The minimum Gasteiger partial charge on any atom is -0.387 e. The number of anilines is 1. The molecule has 2 aromatic heterocycles. The van der Waals surface area contributed by atoms with Gasteiger partial charge in [0.2, 0.25) is 0 Å². The lowest BCUT2D eigenvalue weighted by molar-refractivity contribution is 1.29. The SMILES string of the molecule is C=Cc1cccc(C)c1NC.CC.CC.Cc1cnc2[nH]ccc2c1. The lowest BCUT2D eigenvalue weighted by atomic mass is 10.1. The van der Waals surface area contributed by atoms with E-state index >= 15 is 0 Å². The van der Waals surface area contributed by atoms with Crippen LogP contribution in [-0.2, 0) is 0 Å². The van der Waals surface area contributed by atoms with E-state index in [9.17, 15) is 0 Å². The summed E-state index contributed by atoms with van der Waals surface area (Å²) in [5.41, 5.74) is 5.75. The van der Waals surface area contributed by atoms with Crippen LogP contribution in [0.15, 0.2) is 49.3 Å². The molecule has 0 radical (unpaired) electrons. The van der Waals surface area contributed by atoms with Crippen LogP contribution in [0, 0.1) is 13.8 Å². The number of aromatic amines is 1. The zero-order valence-corrected chi connectivity index (χ0v) is 16.8. The Balaban J connectivity index is 0.000000385. The standard InChI is InChI=1S/C10H13N.C8H8N2.2C2H6/c1-4-9-7-5-6-8(2)10(9)11-3;1-6-4-7-2-3-9-8(7)10-5-6;2*1-2/h4-7,11H,1H2,2-3H3;2-5H,1H3,(H,9,10);2*1-2H3. The average molecular weight is 340 g/mol. The number of hydrogen-bond acceptors (Lipinski definition) is 2. The molecular formula is C22H33N3. The van der Waals surface area contributed by atoms with Crippen molar-refractivity contribution in [1.29, 1.82) is 0 Å². The van der Waals surface area contributed by atoms with E-state index in [2.05, 4.69) is 40.9 Å². The number of aromatic nitrogens is 2. The highest BCUT2D eigenvalue weighted by Gasteiger charge is 1.98. The van der Waals surface area contributed by atoms with Gasteiger partial charge in [-0.2, -0.15) is 0 Å². The molecule has 0 unspecified atom stereocenters. The number of nitrogens with zero attached hydrogens (tertiary/aromatic N) is 1. The van der Waals surface area contributed by atoms with Crippen LogP contribution >= 0.6 is 0 Å². The van der Waals surface area contributed by atoms with Crippen LogP contribution in [0.1, 0.15) is 44.4 Å². The third kappa shape index (κ3) is 6.84. The summed E-state index contributed by atoms with van der Waals surface area (Å²) in [6.07, 6.45) is 5.62. The van der Waals surface area contributed by atoms with Gasteiger partial charge in [0.1, 0.15) is 5.65 Å². The van der Waals surface area contributed by atoms with Crippen molar-refractivity contribution in [3.63, 3.8) is 0 Å². The van der Waals surface area contributed by atoms with Crippen LogP contribution in [0.5, 0.6) is 0 Å². The zero-order valence-electron chi connectivity index (χ0n) is 16.8. The van der Waals surface area contributed by atoms with E-state index in [0.29, 0.717) is 0 Å². The van der Waals surface area contributed by atoms with Crippen LogP contribution in [0.3, 0.4) is 0 Å². The van der Waals surface area contributed by atoms with Gasteiger partial charge in [-0.15, -0.1) is 0 Å². The highest BCUT2D eigenvalue weighted by atomic mass is 14.8. The fraction of sp³-hybridized carbons (Fsp3) is 0.318. The molecule has 3 rings (SSSR count). The first kappa shape index (κ1) is 22.4. The van der Waals surface area contributed by atoms with E-state index in [1.54, 1.807) is 0 Å². The Morgan fingerprint density at radius 2 is 1.76 bits per heavy atom. The monoisotopic (exact) mass is 339 g/mol. The molecule has 2 heterocycles. The van der Waals surface area contributed by atoms with Crippen LogP contribution in [0.25, 0.3) is 17.1 Å². The Morgan fingerprint density at radius 1 is 1.08 bits per heavy atom. The van der Waals surface area contributed by atoms with Crippen molar-refractivity contribution in [2.45, 2.75) is 41.5 Å². The third-order valence-electron chi connectivity index (χ3n) is 3.31. The maximum atomic E-state index is 4.19. The number of hydrogen-bond donors (Lipinski definition) is 2. The number of pyridine rings is 1. The molecule has 1 aromatic carbocycles. The Morgan fingerprint density at radius 3 is 2.32 bits per heavy atom. The maximum Gasteiger partial charge on any atom is 0.137 e. The van der Waals surface area contributed by atoms with Gasteiger partial charge < -0.3 is 10.3 Å². The Hall–Kier alpha value is -2.55. The molecule has 0 amide bonds. The minimum absolute atomic E-state index is 0.964. The molecule has 25 heavy (non-hydrogen) atoms. The Bertz CT molecular complexity index is 742. The molecule has 3 aromatic rings. The molecule has 2 N–H and O–H groups in total. The van der Waals surface area contributed by atoms with Crippen LogP contribution in [-0.4, -0.2) is 17.0 Å². The molecule has 3 nitrogen and oxygen atoms in total. The molecule has 0 saturated heterocycles. The van der Waals surface area contributed by atoms with Gasteiger partial charge in [-0.05, 0) is 42.7 Å². The molecule has 0 atom stereocenters. The summed E-state index contributed by atoms with van der Waals surface area (Å²) in [6.45, 7) is 15.9. The fourth-order valence-electron chi connectivity index (χ4n) is 2.25. The Labute approximate surface area is 153 Å². The van der Waals surface area contributed by atoms with Gasteiger partial charge >= 0.3 is 0 Å². The van der Waals surface area contributed by atoms with Gasteiger partial charge in [-0.1, -0.05) is 58.5 Å². The number of rotatable bonds is 2. The maximum absolute atomic E-state index is 4.19. The second-order valence-electron chi connectivity index (χ2n) is 4.92. The molecular weight excluding hydrogens is 306 g/mol. The molecule has 0 bridgehead atoms. The molecule has 0 saturated carbocycles. The van der Waals surface area contributed by atoms with Crippen molar-refractivity contribution < 1.29 is 0 Å². The number of benzene rings is 1. The van der Waals surface area contributed by atoms with E-state index in [0.717, 1.165) is 11.2 Å². The normalized spacial score (nSPS) is 8.76. The molecule has 0 fully saturated rings. The van der Waals surface area contributed by atoms with Gasteiger partial charge in [-0.3, -0.25) is 0 Å². The molecule has 0 aliphatic rings. The number of para-hydroxylation sites is 1. The Kier molecular flexibility index (Phi) is 11.5. The summed E-state index contributed by atoms with van der Waals surface area (Å²) in [5.74, 6) is 0. The van der Waals surface area contributed by atoms with Gasteiger partial charge in [0.05, 0.1) is 0 Å².